The first-order valence-corrected chi connectivity index (χ1v) is 4.90. The number of aromatic nitrogens is 1. The smallest absolute Gasteiger partial charge is 0.192 e. The van der Waals surface area contributed by atoms with E-state index in [-0.39, 0.29) is 0 Å². The van der Waals surface area contributed by atoms with Crippen LogP contribution in [0.15, 0.2) is 22.9 Å². The molecule has 0 radical (unpaired) electrons. The van der Waals surface area contributed by atoms with Crippen LogP contribution in [0.5, 0.6) is 0 Å². The van der Waals surface area contributed by atoms with Crippen LogP contribution in [-0.2, 0) is 15.3 Å². The number of halogens is 1. The van der Waals surface area contributed by atoms with Crippen LogP contribution in [-0.4, -0.2) is 18.2 Å². The van der Waals surface area contributed by atoms with Gasteiger partial charge in [-0.05, 0) is 35.0 Å². The molecule has 1 aromatic heterocycles. The lowest BCUT2D eigenvalue weighted by Crippen LogP contribution is -2.22. The first-order valence-electron chi connectivity index (χ1n) is 4.11. The summed E-state index contributed by atoms with van der Waals surface area (Å²) in [4.78, 5) is 4.05. The van der Waals surface area contributed by atoms with E-state index in [9.17, 15) is 0 Å². The Bertz CT molecular complexity index is 310. The number of hydrogen-bond acceptors (Lipinski definition) is 3. The van der Waals surface area contributed by atoms with E-state index in [4.69, 9.17) is 9.47 Å². The standard InChI is InChI=1S/C9H10BrNO2/c1-9(12-4-5-13-9)7-2-3-11-8(10)6-7/h2-3,6H,4-5H2,1H3. The van der Waals surface area contributed by atoms with E-state index in [0.29, 0.717) is 13.2 Å². The molecule has 0 N–H and O–H groups in total. The van der Waals surface area contributed by atoms with Gasteiger partial charge in [0.25, 0.3) is 0 Å². The quantitative estimate of drug-likeness (QED) is 0.708. The van der Waals surface area contributed by atoms with Crippen LogP contribution in [0, 0.1) is 0 Å². The zero-order chi connectivity index (χ0) is 9.31. The van der Waals surface area contributed by atoms with Gasteiger partial charge in [-0.25, -0.2) is 4.98 Å². The molecule has 3 nitrogen and oxygen atoms in total. The molecule has 0 atom stereocenters. The number of nitrogens with zero attached hydrogens (tertiary/aromatic N) is 1. The average molecular weight is 244 g/mol. The molecule has 4 heteroatoms. The predicted molar refractivity (Wildman–Crippen MR) is 51.2 cm³/mol. The second-order valence-corrected chi connectivity index (χ2v) is 3.82. The molecule has 0 aromatic carbocycles. The van der Waals surface area contributed by atoms with Crippen molar-refractivity contribution >= 4 is 15.9 Å². The molecule has 0 amide bonds. The van der Waals surface area contributed by atoms with Crippen molar-refractivity contribution in [3.8, 4) is 0 Å². The third kappa shape index (κ3) is 1.75. The van der Waals surface area contributed by atoms with Crippen molar-refractivity contribution < 1.29 is 9.47 Å². The van der Waals surface area contributed by atoms with Gasteiger partial charge in [0.1, 0.15) is 4.60 Å². The maximum atomic E-state index is 5.51. The monoisotopic (exact) mass is 243 g/mol. The predicted octanol–water partition coefficient (Wildman–Crippen LogP) is 2.06. The van der Waals surface area contributed by atoms with E-state index >= 15 is 0 Å². The molecule has 13 heavy (non-hydrogen) atoms. The van der Waals surface area contributed by atoms with Crippen LogP contribution in [0.1, 0.15) is 12.5 Å². The Morgan fingerprint density at radius 1 is 1.46 bits per heavy atom. The Morgan fingerprint density at radius 2 is 2.15 bits per heavy atom. The van der Waals surface area contributed by atoms with Gasteiger partial charge in [0, 0.05) is 11.8 Å². The molecule has 0 aliphatic carbocycles. The Hall–Kier alpha value is -0.450. The molecule has 0 bridgehead atoms. The van der Waals surface area contributed by atoms with Gasteiger partial charge in [-0.1, -0.05) is 0 Å². The summed E-state index contributed by atoms with van der Waals surface area (Å²) >= 11 is 3.31. The summed E-state index contributed by atoms with van der Waals surface area (Å²) in [5.74, 6) is -0.592. The summed E-state index contributed by atoms with van der Waals surface area (Å²) in [5.41, 5.74) is 0.992. The molecule has 1 aromatic rings. The largest absolute Gasteiger partial charge is 0.344 e. The number of pyridine rings is 1. The van der Waals surface area contributed by atoms with Crippen LogP contribution in [0.2, 0.25) is 0 Å². The Labute approximate surface area is 85.2 Å². The molecule has 2 heterocycles. The van der Waals surface area contributed by atoms with E-state index in [2.05, 4.69) is 20.9 Å². The van der Waals surface area contributed by atoms with Gasteiger partial charge in [0.15, 0.2) is 5.79 Å². The summed E-state index contributed by atoms with van der Waals surface area (Å²) < 4.78 is 11.8. The lowest BCUT2D eigenvalue weighted by Gasteiger charge is -2.22. The minimum Gasteiger partial charge on any atom is -0.344 e. The topological polar surface area (TPSA) is 31.4 Å². The van der Waals surface area contributed by atoms with Crippen molar-refractivity contribution in [3.05, 3.63) is 28.5 Å². The normalized spacial score (nSPS) is 20.5. The Balaban J connectivity index is 2.33. The number of rotatable bonds is 1. The highest BCUT2D eigenvalue weighted by atomic mass is 79.9. The van der Waals surface area contributed by atoms with Crippen molar-refractivity contribution in [2.45, 2.75) is 12.7 Å². The highest BCUT2D eigenvalue weighted by molar-refractivity contribution is 9.10. The molecule has 0 saturated carbocycles. The maximum Gasteiger partial charge on any atom is 0.192 e. The molecule has 1 aliphatic rings. The van der Waals surface area contributed by atoms with E-state index in [1.54, 1.807) is 6.20 Å². The third-order valence-electron chi connectivity index (χ3n) is 2.09. The van der Waals surface area contributed by atoms with E-state index < -0.39 is 5.79 Å². The highest BCUT2D eigenvalue weighted by Gasteiger charge is 2.33. The minimum atomic E-state index is -0.592. The zero-order valence-corrected chi connectivity index (χ0v) is 8.87. The van der Waals surface area contributed by atoms with E-state index in [0.717, 1.165) is 10.2 Å². The van der Waals surface area contributed by atoms with Crippen LogP contribution in [0.4, 0.5) is 0 Å². The average Bonchev–Trinajstić information content (AvgIpc) is 2.54. The fourth-order valence-corrected chi connectivity index (χ4v) is 1.73. The van der Waals surface area contributed by atoms with Crippen LogP contribution < -0.4 is 0 Å². The number of ether oxygens (including phenoxy) is 2. The maximum absolute atomic E-state index is 5.51. The first-order chi connectivity index (χ1) is 6.21. The molecular weight excluding hydrogens is 234 g/mol. The molecule has 1 fully saturated rings. The van der Waals surface area contributed by atoms with Gasteiger partial charge in [0.05, 0.1) is 13.2 Å². The zero-order valence-electron chi connectivity index (χ0n) is 7.29. The molecule has 1 saturated heterocycles. The van der Waals surface area contributed by atoms with Crippen molar-refractivity contribution in [1.82, 2.24) is 4.98 Å². The van der Waals surface area contributed by atoms with Crippen molar-refractivity contribution in [1.29, 1.82) is 0 Å². The van der Waals surface area contributed by atoms with Gasteiger partial charge in [-0.3, -0.25) is 0 Å². The van der Waals surface area contributed by atoms with Gasteiger partial charge in [-0.2, -0.15) is 0 Å². The lowest BCUT2D eigenvalue weighted by atomic mass is 10.1. The van der Waals surface area contributed by atoms with Gasteiger partial charge >= 0.3 is 0 Å². The molecule has 0 unspecified atom stereocenters. The molecule has 1 aliphatic heterocycles. The molecule has 2 rings (SSSR count). The fraction of sp³-hybridized carbons (Fsp3) is 0.444. The number of hydrogen-bond donors (Lipinski definition) is 0. The molecular formula is C9H10BrNO2. The summed E-state index contributed by atoms with van der Waals surface area (Å²) in [5, 5.41) is 0. The second-order valence-electron chi connectivity index (χ2n) is 3.01. The Morgan fingerprint density at radius 3 is 2.77 bits per heavy atom. The summed E-state index contributed by atoms with van der Waals surface area (Å²) in [6, 6.07) is 3.81. The summed E-state index contributed by atoms with van der Waals surface area (Å²) in [6.07, 6.45) is 1.73. The minimum absolute atomic E-state index is 0.592. The first kappa shape index (κ1) is 9.12. The second kappa shape index (κ2) is 3.36. The lowest BCUT2D eigenvalue weighted by molar-refractivity contribution is -0.149. The van der Waals surface area contributed by atoms with Crippen molar-refractivity contribution in [3.63, 3.8) is 0 Å². The van der Waals surface area contributed by atoms with Crippen molar-refractivity contribution in [2.24, 2.45) is 0 Å². The van der Waals surface area contributed by atoms with E-state index in [1.165, 1.54) is 0 Å². The van der Waals surface area contributed by atoms with Crippen LogP contribution >= 0.6 is 15.9 Å². The molecule has 0 spiro atoms. The van der Waals surface area contributed by atoms with Gasteiger partial charge in [0.2, 0.25) is 0 Å². The highest BCUT2D eigenvalue weighted by Crippen LogP contribution is 2.31. The SMILES string of the molecule is CC1(c2ccnc(Br)c2)OCCO1. The summed E-state index contributed by atoms with van der Waals surface area (Å²) in [6.45, 7) is 3.22. The van der Waals surface area contributed by atoms with Crippen molar-refractivity contribution in [2.75, 3.05) is 13.2 Å². The van der Waals surface area contributed by atoms with E-state index in [1.807, 2.05) is 19.1 Å². The van der Waals surface area contributed by atoms with Crippen LogP contribution in [0.3, 0.4) is 0 Å². The van der Waals surface area contributed by atoms with Gasteiger partial charge < -0.3 is 9.47 Å². The van der Waals surface area contributed by atoms with Crippen LogP contribution in [0.25, 0.3) is 0 Å². The Kier molecular flexibility index (Phi) is 2.36. The fourth-order valence-electron chi connectivity index (χ4n) is 1.37. The van der Waals surface area contributed by atoms with Gasteiger partial charge in [-0.15, -0.1) is 0 Å². The summed E-state index contributed by atoms with van der Waals surface area (Å²) in [7, 11) is 0. The molecule has 70 valence electrons. The third-order valence-corrected chi connectivity index (χ3v) is 2.52.